The zero-order valence-corrected chi connectivity index (χ0v) is 18.8. The molecule has 1 atom stereocenters. The fourth-order valence-electron chi connectivity index (χ4n) is 3.02. The van der Waals surface area contributed by atoms with E-state index in [1.54, 1.807) is 0 Å². The fourth-order valence-corrected chi connectivity index (χ4v) is 3.02. The molecule has 3 heterocycles. The quantitative estimate of drug-likeness (QED) is 0.224. The van der Waals surface area contributed by atoms with Crippen molar-refractivity contribution in [3.05, 3.63) is 30.2 Å². The molecule has 0 saturated carbocycles. The number of guanidine groups is 1. The summed E-state index contributed by atoms with van der Waals surface area (Å²) in [5.74, 6) is 2.34. The molecule has 9 heteroatoms. The average Bonchev–Trinajstić information content (AvgIpc) is 3.34. The Labute approximate surface area is 183 Å². The number of fused-ring (bicyclic) bond motifs is 1. The lowest BCUT2D eigenvalue weighted by atomic mass is 10.1. The summed E-state index contributed by atoms with van der Waals surface area (Å²) in [5.41, 5.74) is 0.872. The van der Waals surface area contributed by atoms with E-state index in [1.165, 1.54) is 0 Å². The van der Waals surface area contributed by atoms with Gasteiger partial charge in [0.25, 0.3) is 0 Å². The van der Waals surface area contributed by atoms with Crippen molar-refractivity contribution in [2.75, 3.05) is 46.1 Å². The highest BCUT2D eigenvalue weighted by atomic mass is 127. The number of rotatable bonds is 10. The summed E-state index contributed by atoms with van der Waals surface area (Å²) in [7, 11) is 0. The molecule has 1 unspecified atom stereocenters. The summed E-state index contributed by atoms with van der Waals surface area (Å²) < 4.78 is 13.1. The van der Waals surface area contributed by atoms with Crippen molar-refractivity contribution in [2.24, 2.45) is 10.9 Å². The van der Waals surface area contributed by atoms with E-state index in [1.807, 2.05) is 28.8 Å². The van der Waals surface area contributed by atoms with Gasteiger partial charge in [0.2, 0.25) is 0 Å². The maximum Gasteiger partial charge on any atom is 0.191 e. The van der Waals surface area contributed by atoms with Gasteiger partial charge in [-0.15, -0.1) is 34.2 Å². The first-order valence-electron chi connectivity index (χ1n) is 9.83. The first-order valence-corrected chi connectivity index (χ1v) is 9.83. The third-order valence-electron chi connectivity index (χ3n) is 4.46. The standard InChI is InChI=1S/C19H30N6O2.HI/c1-2-20-19(21-9-5-12-26-14-16-8-13-27-15-16)22-10-7-18-24-23-17-6-3-4-11-25(17)18;/h3-4,6,11,16H,2,5,7-10,12-15H2,1H3,(H2,20,21,22);1H. The van der Waals surface area contributed by atoms with Crippen LogP contribution in [0.5, 0.6) is 0 Å². The molecular weight excluding hydrogens is 471 g/mol. The molecule has 2 aromatic rings. The zero-order valence-electron chi connectivity index (χ0n) is 16.5. The van der Waals surface area contributed by atoms with Crippen LogP contribution in [-0.2, 0) is 15.9 Å². The van der Waals surface area contributed by atoms with Crippen molar-refractivity contribution in [1.29, 1.82) is 0 Å². The molecule has 0 amide bonds. The maximum atomic E-state index is 5.72. The Morgan fingerprint density at radius 3 is 3.11 bits per heavy atom. The number of aliphatic imine (C=N–C) groups is 1. The Morgan fingerprint density at radius 1 is 1.36 bits per heavy atom. The molecule has 0 radical (unpaired) electrons. The van der Waals surface area contributed by atoms with Crippen LogP contribution < -0.4 is 10.6 Å². The summed E-state index contributed by atoms with van der Waals surface area (Å²) in [6.45, 7) is 7.64. The Balaban J connectivity index is 0.00000280. The molecule has 156 valence electrons. The van der Waals surface area contributed by atoms with Gasteiger partial charge in [-0.3, -0.25) is 9.39 Å². The van der Waals surface area contributed by atoms with Gasteiger partial charge in [0.15, 0.2) is 11.6 Å². The van der Waals surface area contributed by atoms with E-state index < -0.39 is 0 Å². The van der Waals surface area contributed by atoms with Crippen LogP contribution in [0.4, 0.5) is 0 Å². The monoisotopic (exact) mass is 502 g/mol. The van der Waals surface area contributed by atoms with Gasteiger partial charge in [0.05, 0.1) is 13.2 Å². The minimum atomic E-state index is 0. The van der Waals surface area contributed by atoms with Crippen LogP contribution in [0, 0.1) is 5.92 Å². The summed E-state index contributed by atoms with van der Waals surface area (Å²) in [6, 6.07) is 5.91. The Hall–Kier alpha value is -1.46. The van der Waals surface area contributed by atoms with E-state index in [0.717, 1.165) is 82.8 Å². The van der Waals surface area contributed by atoms with E-state index in [2.05, 4.69) is 32.7 Å². The van der Waals surface area contributed by atoms with E-state index in [0.29, 0.717) is 5.92 Å². The number of hydrogen-bond acceptors (Lipinski definition) is 5. The fraction of sp³-hybridized carbons (Fsp3) is 0.632. The number of ether oxygens (including phenoxy) is 2. The highest BCUT2D eigenvalue weighted by Crippen LogP contribution is 2.12. The molecule has 3 rings (SSSR count). The first-order chi connectivity index (χ1) is 13.4. The van der Waals surface area contributed by atoms with Crippen LogP contribution in [0.3, 0.4) is 0 Å². The molecule has 1 saturated heterocycles. The second-order valence-electron chi connectivity index (χ2n) is 6.64. The third-order valence-corrected chi connectivity index (χ3v) is 4.46. The van der Waals surface area contributed by atoms with Gasteiger partial charge in [-0.1, -0.05) is 6.07 Å². The van der Waals surface area contributed by atoms with Gasteiger partial charge in [-0.25, -0.2) is 0 Å². The lowest BCUT2D eigenvalue weighted by Crippen LogP contribution is -2.38. The van der Waals surface area contributed by atoms with Crippen molar-refractivity contribution in [1.82, 2.24) is 25.2 Å². The maximum absolute atomic E-state index is 5.72. The third kappa shape index (κ3) is 7.17. The van der Waals surface area contributed by atoms with Crippen molar-refractivity contribution in [3.63, 3.8) is 0 Å². The lowest BCUT2D eigenvalue weighted by molar-refractivity contribution is 0.0893. The molecule has 1 aliphatic heterocycles. The molecule has 8 nitrogen and oxygen atoms in total. The van der Waals surface area contributed by atoms with E-state index in [9.17, 15) is 0 Å². The number of pyridine rings is 1. The van der Waals surface area contributed by atoms with Crippen LogP contribution in [0.15, 0.2) is 29.4 Å². The first kappa shape index (κ1) is 22.8. The van der Waals surface area contributed by atoms with Crippen LogP contribution >= 0.6 is 24.0 Å². The van der Waals surface area contributed by atoms with Gasteiger partial charge in [0, 0.05) is 51.4 Å². The highest BCUT2D eigenvalue weighted by Gasteiger charge is 2.15. The second-order valence-corrected chi connectivity index (χ2v) is 6.64. The predicted octanol–water partition coefficient (Wildman–Crippen LogP) is 1.89. The zero-order chi connectivity index (χ0) is 18.7. The predicted molar refractivity (Wildman–Crippen MR) is 120 cm³/mol. The number of nitrogens with one attached hydrogen (secondary N) is 2. The van der Waals surface area contributed by atoms with Crippen LogP contribution in [0.2, 0.25) is 0 Å². The molecule has 2 aromatic heterocycles. The smallest absolute Gasteiger partial charge is 0.191 e. The number of hydrogen-bond donors (Lipinski definition) is 2. The molecule has 1 aliphatic rings. The summed E-state index contributed by atoms with van der Waals surface area (Å²) in [5, 5.41) is 15.1. The number of halogens is 1. The van der Waals surface area contributed by atoms with Crippen molar-refractivity contribution < 1.29 is 9.47 Å². The van der Waals surface area contributed by atoms with Crippen LogP contribution in [0.25, 0.3) is 5.65 Å². The number of nitrogens with zero attached hydrogens (tertiary/aromatic N) is 4. The van der Waals surface area contributed by atoms with Crippen molar-refractivity contribution >= 4 is 35.6 Å². The molecule has 1 fully saturated rings. The Kier molecular flexibility index (Phi) is 10.5. The molecular formula is C19H31IN6O2. The van der Waals surface area contributed by atoms with Crippen molar-refractivity contribution in [3.8, 4) is 0 Å². The van der Waals surface area contributed by atoms with E-state index in [-0.39, 0.29) is 24.0 Å². The van der Waals surface area contributed by atoms with Crippen LogP contribution in [0.1, 0.15) is 25.6 Å². The van der Waals surface area contributed by atoms with Gasteiger partial charge >= 0.3 is 0 Å². The summed E-state index contributed by atoms with van der Waals surface area (Å²) in [6.07, 6.45) is 4.80. The molecule has 0 spiro atoms. The second kappa shape index (κ2) is 12.9. The minimum absolute atomic E-state index is 0. The Bertz CT molecular complexity index is 717. The topological polar surface area (TPSA) is 85.1 Å². The van der Waals surface area contributed by atoms with Gasteiger partial charge in [-0.2, -0.15) is 0 Å². The Morgan fingerprint density at radius 2 is 2.29 bits per heavy atom. The normalized spacial score (nSPS) is 16.9. The van der Waals surface area contributed by atoms with Crippen molar-refractivity contribution in [2.45, 2.75) is 26.2 Å². The number of aromatic nitrogens is 3. The molecule has 28 heavy (non-hydrogen) atoms. The molecule has 2 N–H and O–H groups in total. The lowest BCUT2D eigenvalue weighted by Gasteiger charge is -2.11. The van der Waals surface area contributed by atoms with E-state index in [4.69, 9.17) is 9.47 Å². The molecule has 0 aromatic carbocycles. The largest absolute Gasteiger partial charge is 0.381 e. The average molecular weight is 502 g/mol. The summed E-state index contributed by atoms with van der Waals surface area (Å²) >= 11 is 0. The van der Waals surface area contributed by atoms with Gasteiger partial charge < -0.3 is 20.1 Å². The molecule has 0 aliphatic carbocycles. The SMILES string of the molecule is CCNC(=NCCCOCC1CCOC1)NCCc1nnc2ccccn12.I. The molecule has 0 bridgehead atoms. The highest BCUT2D eigenvalue weighted by molar-refractivity contribution is 14.0. The van der Waals surface area contributed by atoms with Crippen LogP contribution in [-0.4, -0.2) is 66.6 Å². The van der Waals surface area contributed by atoms with Gasteiger partial charge in [0.1, 0.15) is 5.82 Å². The minimum Gasteiger partial charge on any atom is -0.381 e. The van der Waals surface area contributed by atoms with E-state index >= 15 is 0 Å². The van der Waals surface area contributed by atoms with Gasteiger partial charge in [-0.05, 0) is 31.9 Å². The summed E-state index contributed by atoms with van der Waals surface area (Å²) in [4.78, 5) is 4.61.